The van der Waals surface area contributed by atoms with Crippen molar-refractivity contribution in [3.8, 4) is 11.5 Å². The molecule has 3 aromatic rings. The Hall–Kier alpha value is -3.81. The highest BCUT2D eigenvalue weighted by Gasteiger charge is 2.39. The fraction of sp³-hybridized carbons (Fsp3) is 0.222. The summed E-state index contributed by atoms with van der Waals surface area (Å²) in [5.41, 5.74) is 6.62. The Morgan fingerprint density at radius 2 is 1.62 bits per heavy atom. The maximum atomic E-state index is 12.4. The molecule has 7 heteroatoms. The van der Waals surface area contributed by atoms with Crippen LogP contribution in [0.2, 0.25) is 0 Å². The van der Waals surface area contributed by atoms with Crippen LogP contribution in [0.15, 0.2) is 84.9 Å². The highest BCUT2D eigenvalue weighted by molar-refractivity contribution is 5.84. The van der Waals surface area contributed by atoms with Crippen molar-refractivity contribution in [3.63, 3.8) is 0 Å². The quantitative estimate of drug-likeness (QED) is 0.515. The number of carbonyl (C=O) groups is 1. The summed E-state index contributed by atoms with van der Waals surface area (Å²) in [5.74, 6) is 1.45. The summed E-state index contributed by atoms with van der Waals surface area (Å²) in [6, 6.07) is 25.0. The molecule has 0 saturated carbocycles. The molecule has 2 heterocycles. The first-order valence-electron chi connectivity index (χ1n) is 11.4. The molecule has 0 bridgehead atoms. The van der Waals surface area contributed by atoms with Crippen LogP contribution in [0.25, 0.3) is 5.70 Å². The van der Waals surface area contributed by atoms with E-state index in [-0.39, 0.29) is 5.60 Å². The van der Waals surface area contributed by atoms with E-state index >= 15 is 0 Å². The van der Waals surface area contributed by atoms with Gasteiger partial charge in [0, 0.05) is 18.8 Å². The van der Waals surface area contributed by atoms with E-state index in [4.69, 9.17) is 14.4 Å². The van der Waals surface area contributed by atoms with Crippen LogP contribution in [-0.4, -0.2) is 29.8 Å². The van der Waals surface area contributed by atoms with E-state index in [0.717, 1.165) is 17.0 Å². The molecule has 3 aromatic carbocycles. The Morgan fingerprint density at radius 1 is 0.941 bits per heavy atom. The molecule has 1 saturated heterocycles. The molecular weight excluding hydrogens is 430 g/mol. The Balaban J connectivity index is 1.10. The normalized spacial score (nSPS) is 17.0. The number of rotatable bonds is 5. The molecule has 0 atom stereocenters. The predicted octanol–water partition coefficient (Wildman–Crippen LogP) is 5.66. The monoisotopic (exact) mass is 457 g/mol. The zero-order valence-corrected chi connectivity index (χ0v) is 19.0. The lowest BCUT2D eigenvalue weighted by molar-refractivity contribution is -0.153. The lowest BCUT2D eigenvalue weighted by atomic mass is 9.91. The number of benzene rings is 3. The van der Waals surface area contributed by atoms with Crippen LogP contribution in [0.4, 0.5) is 10.5 Å². The number of amides is 1. The number of nitrogens with zero attached hydrogens (tertiary/aromatic N) is 1. The van der Waals surface area contributed by atoms with Gasteiger partial charge in [0.15, 0.2) is 0 Å². The van der Waals surface area contributed by atoms with E-state index < -0.39 is 6.09 Å². The molecule has 1 spiro atoms. The van der Waals surface area contributed by atoms with Gasteiger partial charge in [-0.05, 0) is 67.8 Å². The van der Waals surface area contributed by atoms with Gasteiger partial charge in [-0.1, -0.05) is 48.0 Å². The van der Waals surface area contributed by atoms with E-state index in [9.17, 15) is 4.79 Å². The molecule has 7 nitrogen and oxygen atoms in total. The van der Waals surface area contributed by atoms with Crippen molar-refractivity contribution in [1.29, 1.82) is 0 Å². The van der Waals surface area contributed by atoms with Gasteiger partial charge in [0.1, 0.15) is 17.1 Å². The Kier molecular flexibility index (Phi) is 6.20. The molecular formula is C27H27N3O4. The first-order valence-corrected chi connectivity index (χ1v) is 11.4. The highest BCUT2D eigenvalue weighted by Crippen LogP contribution is 2.35. The third-order valence-corrected chi connectivity index (χ3v) is 5.99. The summed E-state index contributed by atoms with van der Waals surface area (Å²) in [6.45, 7) is 3.23. The molecule has 2 aliphatic heterocycles. The second-order valence-corrected chi connectivity index (χ2v) is 8.57. The molecule has 0 aliphatic carbocycles. The van der Waals surface area contributed by atoms with Crippen LogP contribution in [0, 0.1) is 6.92 Å². The third-order valence-electron chi connectivity index (χ3n) is 5.99. The van der Waals surface area contributed by atoms with Gasteiger partial charge < -0.3 is 9.57 Å². The molecule has 2 aliphatic rings. The molecule has 0 radical (unpaired) electrons. The number of aryl methyl sites for hydroxylation is 1. The van der Waals surface area contributed by atoms with Gasteiger partial charge in [-0.25, -0.2) is 4.79 Å². The summed E-state index contributed by atoms with van der Waals surface area (Å²) < 4.78 is 5.77. The second-order valence-electron chi connectivity index (χ2n) is 8.57. The van der Waals surface area contributed by atoms with Crippen molar-refractivity contribution in [2.75, 3.05) is 18.4 Å². The average Bonchev–Trinajstić information content (AvgIpc) is 3.27. The molecule has 174 valence electrons. The molecule has 1 amide bonds. The summed E-state index contributed by atoms with van der Waals surface area (Å²) in [5, 5.41) is 4.44. The van der Waals surface area contributed by atoms with Crippen molar-refractivity contribution in [2.45, 2.75) is 25.4 Å². The lowest BCUT2D eigenvalue weighted by Crippen LogP contribution is -2.45. The van der Waals surface area contributed by atoms with E-state index in [1.54, 1.807) is 29.3 Å². The number of carbonyl (C=O) groups excluding carboxylic acids is 1. The Labute approximate surface area is 198 Å². The molecule has 0 aromatic heterocycles. The minimum Gasteiger partial charge on any atom is -0.457 e. The number of nitrogens with one attached hydrogen (secondary N) is 2. The van der Waals surface area contributed by atoms with Crippen LogP contribution in [0.1, 0.15) is 24.0 Å². The summed E-state index contributed by atoms with van der Waals surface area (Å²) in [6.07, 6.45) is 3.06. The number of piperidine rings is 1. The molecule has 1 fully saturated rings. The van der Waals surface area contributed by atoms with E-state index in [2.05, 4.69) is 48.1 Å². The standard InChI is InChI=1S/C27H27N3O4/c1-20-7-9-21(10-8-20)25-19-27(34-29-25)15-17-30(18-16-27)33-26(31)28-22-11-13-24(14-12-22)32-23-5-3-2-4-6-23/h2-14,19,29H,15-18H2,1H3,(H,28,31). The van der Waals surface area contributed by atoms with Gasteiger partial charge in [-0.3, -0.25) is 15.6 Å². The Morgan fingerprint density at radius 3 is 2.32 bits per heavy atom. The summed E-state index contributed by atoms with van der Waals surface area (Å²) >= 11 is 0. The minimum absolute atomic E-state index is 0.384. The topological polar surface area (TPSA) is 72.1 Å². The number of ether oxygens (including phenoxy) is 1. The number of anilines is 1. The van der Waals surface area contributed by atoms with Crippen molar-refractivity contribution in [2.24, 2.45) is 0 Å². The van der Waals surface area contributed by atoms with Gasteiger partial charge >= 0.3 is 6.09 Å². The average molecular weight is 458 g/mol. The van der Waals surface area contributed by atoms with Crippen molar-refractivity contribution < 1.29 is 19.2 Å². The lowest BCUT2D eigenvalue weighted by Gasteiger charge is -2.35. The number of hydrogen-bond donors (Lipinski definition) is 2. The number of hydroxylamine groups is 3. The van der Waals surface area contributed by atoms with Crippen molar-refractivity contribution in [3.05, 3.63) is 96.1 Å². The van der Waals surface area contributed by atoms with Crippen LogP contribution in [-0.2, 0) is 9.68 Å². The van der Waals surface area contributed by atoms with E-state index in [1.807, 2.05) is 30.3 Å². The number of hydrogen-bond acceptors (Lipinski definition) is 6. The molecule has 0 unspecified atom stereocenters. The van der Waals surface area contributed by atoms with Gasteiger partial charge in [-0.2, -0.15) is 0 Å². The maximum absolute atomic E-state index is 12.4. The molecule has 34 heavy (non-hydrogen) atoms. The highest BCUT2D eigenvalue weighted by atomic mass is 16.7. The zero-order chi connectivity index (χ0) is 23.4. The van der Waals surface area contributed by atoms with Crippen LogP contribution in [0.3, 0.4) is 0 Å². The fourth-order valence-corrected chi connectivity index (χ4v) is 4.05. The SMILES string of the molecule is Cc1ccc(C2=CC3(CCN(OC(=O)Nc4ccc(Oc5ccccc5)cc4)CC3)ON2)cc1. The van der Waals surface area contributed by atoms with Gasteiger partial charge in [-0.15, -0.1) is 5.06 Å². The van der Waals surface area contributed by atoms with Gasteiger partial charge in [0.25, 0.3) is 0 Å². The second kappa shape index (κ2) is 9.59. The third kappa shape index (κ3) is 5.22. The number of para-hydroxylation sites is 1. The predicted molar refractivity (Wildman–Crippen MR) is 130 cm³/mol. The van der Waals surface area contributed by atoms with Crippen molar-refractivity contribution >= 4 is 17.5 Å². The van der Waals surface area contributed by atoms with E-state index in [1.165, 1.54) is 5.56 Å². The van der Waals surface area contributed by atoms with Crippen LogP contribution >= 0.6 is 0 Å². The van der Waals surface area contributed by atoms with Crippen molar-refractivity contribution in [1.82, 2.24) is 10.5 Å². The Bertz CT molecular complexity index is 1150. The summed E-state index contributed by atoms with van der Waals surface area (Å²) in [4.78, 5) is 23.8. The minimum atomic E-state index is -0.519. The van der Waals surface area contributed by atoms with Gasteiger partial charge in [0.05, 0.1) is 5.70 Å². The van der Waals surface area contributed by atoms with Gasteiger partial charge in [0.2, 0.25) is 0 Å². The van der Waals surface area contributed by atoms with E-state index in [0.29, 0.717) is 37.4 Å². The maximum Gasteiger partial charge on any atom is 0.430 e. The zero-order valence-electron chi connectivity index (χ0n) is 19.0. The summed E-state index contributed by atoms with van der Waals surface area (Å²) in [7, 11) is 0. The fourth-order valence-electron chi connectivity index (χ4n) is 4.05. The smallest absolute Gasteiger partial charge is 0.430 e. The molecule has 5 rings (SSSR count). The van der Waals surface area contributed by atoms with Crippen LogP contribution in [0.5, 0.6) is 11.5 Å². The largest absolute Gasteiger partial charge is 0.457 e. The molecule has 2 N–H and O–H groups in total. The first-order chi connectivity index (χ1) is 16.6. The van der Waals surface area contributed by atoms with Crippen LogP contribution < -0.4 is 15.5 Å². The first kappa shape index (κ1) is 22.0.